The summed E-state index contributed by atoms with van der Waals surface area (Å²) in [4.78, 5) is 11.1. The van der Waals surface area contributed by atoms with Crippen molar-refractivity contribution in [2.75, 3.05) is 0 Å². The molecule has 0 unspecified atom stereocenters. The van der Waals surface area contributed by atoms with Crippen LogP contribution in [0.3, 0.4) is 0 Å². The Balaban J connectivity index is 1.10. The molecule has 0 saturated heterocycles. The Hall–Kier alpha value is -9.84. The Morgan fingerprint density at radius 3 is 0.888 bits per heavy atom. The van der Waals surface area contributed by atoms with Crippen LogP contribution in [0.4, 0.5) is 0 Å². The van der Waals surface area contributed by atoms with E-state index < -0.39 is 0 Å². The highest BCUT2D eigenvalue weighted by Gasteiger charge is 2.43. The SMILES string of the molecule is CC(C)(C)c1cc(-c2ccc3c(c2)c2c(-c4cc(C(C)(C)C)cc(C(C)(C)C)c4)ccc4c2n3-c2cc(-c3cc(-c5ccccc5)nc(-c5ccccc5)n3)cc3c2B4c2ccc(-c4cc(C(C)(C)C)cc(C(C)(C)C)c4)c4c5cc(-c6cc(C(C)(C)C)cc(C(C)(C)C)c6)ccc5n-3c24)cc(C(C)(C)C)c1. The summed E-state index contributed by atoms with van der Waals surface area (Å²) in [5, 5.41) is 5.02. The molecule has 0 spiro atoms. The lowest BCUT2D eigenvalue weighted by molar-refractivity contribution is 0.568. The van der Waals surface area contributed by atoms with Crippen LogP contribution >= 0.6 is 0 Å². The van der Waals surface area contributed by atoms with Gasteiger partial charge in [-0.25, -0.2) is 9.97 Å². The van der Waals surface area contributed by atoms with Gasteiger partial charge in [-0.05, 0) is 191 Å². The predicted molar refractivity (Wildman–Crippen MR) is 463 cm³/mol. The number of hydrogen-bond acceptors (Lipinski definition) is 2. The summed E-state index contributed by atoms with van der Waals surface area (Å²) >= 11 is 0. The van der Waals surface area contributed by atoms with Crippen LogP contribution in [-0.4, -0.2) is 25.8 Å². The third kappa shape index (κ3) is 12.4. The normalized spacial score (nSPS) is 13.6. The Bertz CT molecular complexity index is 5500. The minimum Gasteiger partial charge on any atom is -0.310 e. The van der Waals surface area contributed by atoms with Crippen LogP contribution in [0.2, 0.25) is 0 Å². The molecule has 3 aromatic heterocycles. The molecular formula is C102H107BN4. The van der Waals surface area contributed by atoms with Crippen LogP contribution in [0.1, 0.15) is 211 Å². The van der Waals surface area contributed by atoms with Gasteiger partial charge >= 0.3 is 0 Å². The van der Waals surface area contributed by atoms with Crippen molar-refractivity contribution < 1.29 is 0 Å². The summed E-state index contributed by atoms with van der Waals surface area (Å²) in [7, 11) is 0. The largest absolute Gasteiger partial charge is 0.310 e. The fourth-order valence-corrected chi connectivity index (χ4v) is 16.8. The second-order valence-electron chi connectivity index (χ2n) is 39.7. The maximum absolute atomic E-state index is 5.72. The summed E-state index contributed by atoms with van der Waals surface area (Å²) in [6, 6.07) is 83.2. The van der Waals surface area contributed by atoms with Gasteiger partial charge in [0.25, 0.3) is 6.71 Å². The molecule has 107 heavy (non-hydrogen) atoms. The van der Waals surface area contributed by atoms with E-state index in [-0.39, 0.29) is 50.0 Å². The first kappa shape index (κ1) is 71.4. The molecule has 0 aliphatic carbocycles. The lowest BCUT2D eigenvalue weighted by Gasteiger charge is -2.34. The van der Waals surface area contributed by atoms with Crippen molar-refractivity contribution in [3.63, 3.8) is 0 Å². The summed E-state index contributed by atoms with van der Waals surface area (Å²) in [6.07, 6.45) is 0. The molecule has 2 aliphatic heterocycles. The van der Waals surface area contributed by atoms with Gasteiger partial charge in [0.1, 0.15) is 0 Å². The first-order valence-electron chi connectivity index (χ1n) is 39.1. The molecule has 11 aromatic carbocycles. The Morgan fingerprint density at radius 1 is 0.252 bits per heavy atom. The van der Waals surface area contributed by atoms with Crippen molar-refractivity contribution in [3.8, 4) is 89.8 Å². The van der Waals surface area contributed by atoms with Gasteiger partial charge in [-0.3, -0.25) is 0 Å². The first-order chi connectivity index (χ1) is 50.1. The quantitative estimate of drug-likeness (QED) is 0.149. The third-order valence-corrected chi connectivity index (χ3v) is 23.5. The molecule has 0 amide bonds. The van der Waals surface area contributed by atoms with E-state index in [4.69, 9.17) is 9.97 Å². The maximum Gasteiger partial charge on any atom is 0.252 e. The highest BCUT2D eigenvalue weighted by molar-refractivity contribution is 7.00. The second kappa shape index (κ2) is 24.3. The number of hydrogen-bond donors (Lipinski definition) is 0. The summed E-state index contributed by atoms with van der Waals surface area (Å²) < 4.78 is 5.38. The molecule has 16 rings (SSSR count). The van der Waals surface area contributed by atoms with Gasteiger partial charge in [0.15, 0.2) is 5.82 Å². The van der Waals surface area contributed by atoms with Gasteiger partial charge in [0.2, 0.25) is 0 Å². The van der Waals surface area contributed by atoms with Crippen molar-refractivity contribution in [2.45, 2.75) is 209 Å². The standard InChI is InChI=1S/C102H107BN4/c1-95(2,3)69-43-64(44-70(55-69)96(4,5)6)62-35-41-85-79(51-62)89-77(66-47-73(99(13,14)15)57-74(48-66)100(16,17)18)37-39-81-92(89)106(85)87-53-68(84-59-83(60-31-27-25-28-32-60)104-94(105-84)61-33-29-26-30-34-61)54-88-91(87)103(81)82-40-38-78(67-49-75(101(19,20)21)58-76(50-67)102(22,23)24)90-80-52-63(36-42-86(80)107(88)93(82)90)65-45-71(97(7,8)9)56-72(46-65)98(10,11)12/h25-59H,1-24H3. The average Bonchev–Trinajstić information content (AvgIpc) is 1.54. The van der Waals surface area contributed by atoms with Gasteiger partial charge in [0.05, 0.1) is 22.4 Å². The van der Waals surface area contributed by atoms with Gasteiger partial charge in [-0.15, -0.1) is 0 Å². The van der Waals surface area contributed by atoms with Crippen molar-refractivity contribution in [1.29, 1.82) is 0 Å². The van der Waals surface area contributed by atoms with Gasteiger partial charge in [-0.2, -0.15) is 0 Å². The van der Waals surface area contributed by atoms with E-state index >= 15 is 0 Å². The summed E-state index contributed by atoms with van der Waals surface area (Å²) in [5.41, 5.74) is 35.7. The van der Waals surface area contributed by atoms with Crippen LogP contribution < -0.4 is 16.4 Å². The Labute approximate surface area is 637 Å². The molecular weight excluding hydrogens is 1290 g/mol. The van der Waals surface area contributed by atoms with Gasteiger partial charge < -0.3 is 9.13 Å². The number of rotatable bonds is 7. The highest BCUT2D eigenvalue weighted by Crippen LogP contribution is 2.50. The minimum absolute atomic E-state index is 0.0657. The maximum atomic E-state index is 5.72. The van der Waals surface area contributed by atoms with E-state index in [1.54, 1.807) is 0 Å². The molecule has 0 atom stereocenters. The topological polar surface area (TPSA) is 35.6 Å². The molecule has 4 nitrogen and oxygen atoms in total. The third-order valence-electron chi connectivity index (χ3n) is 23.5. The zero-order valence-corrected chi connectivity index (χ0v) is 68.1. The van der Waals surface area contributed by atoms with E-state index in [1.165, 1.54) is 149 Å². The van der Waals surface area contributed by atoms with E-state index in [1.807, 2.05) is 0 Å². The van der Waals surface area contributed by atoms with E-state index in [9.17, 15) is 0 Å². The highest BCUT2D eigenvalue weighted by atomic mass is 15.0. The molecule has 0 fully saturated rings. The minimum atomic E-state index is -0.174. The van der Waals surface area contributed by atoms with Crippen LogP contribution in [0, 0.1) is 0 Å². The fraction of sp³-hybridized carbons (Fsp3) is 0.314. The molecule has 5 heterocycles. The first-order valence-corrected chi connectivity index (χ1v) is 39.1. The van der Waals surface area contributed by atoms with Crippen molar-refractivity contribution in [3.05, 3.63) is 257 Å². The predicted octanol–water partition coefficient (Wildman–Crippen LogP) is 25.9. The van der Waals surface area contributed by atoms with Crippen molar-refractivity contribution in [1.82, 2.24) is 19.1 Å². The van der Waals surface area contributed by atoms with Crippen LogP contribution in [0.5, 0.6) is 0 Å². The zero-order valence-electron chi connectivity index (χ0n) is 68.1. The molecule has 0 N–H and O–H groups in total. The lowest BCUT2D eigenvalue weighted by atomic mass is 9.34. The fourth-order valence-electron chi connectivity index (χ4n) is 16.8. The summed E-state index contributed by atoms with van der Waals surface area (Å²) in [5.74, 6) is 0.688. The number of benzene rings is 11. The van der Waals surface area contributed by atoms with E-state index in [0.717, 1.165) is 39.5 Å². The molecule has 0 bridgehead atoms. The Morgan fingerprint density at radius 2 is 0.561 bits per heavy atom. The van der Waals surface area contributed by atoms with Crippen LogP contribution in [0.15, 0.2) is 212 Å². The summed E-state index contributed by atoms with van der Waals surface area (Å²) in [6.45, 7) is 56.5. The lowest BCUT2D eigenvalue weighted by Crippen LogP contribution is -2.59. The van der Waals surface area contributed by atoms with E-state index in [0.29, 0.717) is 5.82 Å². The Kier molecular flexibility index (Phi) is 16.2. The second-order valence-corrected chi connectivity index (χ2v) is 39.7. The van der Waals surface area contributed by atoms with Gasteiger partial charge in [0, 0.05) is 60.6 Å². The molecule has 14 aromatic rings. The zero-order chi connectivity index (χ0) is 76.1. The number of nitrogens with zero attached hydrogens (tertiary/aromatic N) is 4. The van der Waals surface area contributed by atoms with E-state index in [2.05, 4.69) is 388 Å². The van der Waals surface area contributed by atoms with Crippen molar-refractivity contribution >= 4 is 66.7 Å². The molecule has 538 valence electrons. The molecule has 2 aliphatic rings. The average molecular weight is 1400 g/mol. The molecule has 0 saturated carbocycles. The monoisotopic (exact) mass is 1400 g/mol. The molecule has 5 heteroatoms. The van der Waals surface area contributed by atoms with Crippen LogP contribution in [-0.2, 0) is 43.3 Å². The van der Waals surface area contributed by atoms with Gasteiger partial charge in [-0.1, -0.05) is 336 Å². The number of aromatic nitrogens is 4. The number of fused-ring (bicyclic) bond motifs is 10. The smallest absolute Gasteiger partial charge is 0.252 e. The van der Waals surface area contributed by atoms with Crippen molar-refractivity contribution in [2.24, 2.45) is 0 Å². The molecule has 0 radical (unpaired) electrons. The van der Waals surface area contributed by atoms with Crippen LogP contribution in [0.25, 0.3) is 133 Å².